The smallest absolute Gasteiger partial charge is 0.354 e. The fraction of sp³-hybridized carbons (Fsp3) is 0.375. The Morgan fingerprint density at radius 1 is 1.00 bits per heavy atom. The maximum atomic E-state index is 12.4. The highest BCUT2D eigenvalue weighted by atomic mass is 19.4. The number of benzene rings is 1. The molecule has 2 rings (SSSR count). The molecule has 0 aliphatic rings. The van der Waals surface area contributed by atoms with Gasteiger partial charge in [0.1, 0.15) is 0 Å². The van der Waals surface area contributed by atoms with Crippen LogP contribution in [-0.4, -0.2) is 4.57 Å². The lowest BCUT2D eigenvalue weighted by molar-refractivity contribution is -0.137. The van der Waals surface area contributed by atoms with Crippen LogP contribution in [0.3, 0.4) is 0 Å². The second kappa shape index (κ2) is 6.80. The molecular weight excluding hydrogens is 277 g/mol. The van der Waals surface area contributed by atoms with Crippen molar-refractivity contribution in [2.45, 2.75) is 39.2 Å². The highest BCUT2D eigenvalue weighted by molar-refractivity contribution is 5.24. The first-order valence-electron chi connectivity index (χ1n) is 7.00. The molecule has 0 aliphatic carbocycles. The molecule has 0 saturated heterocycles. The quantitative estimate of drug-likeness (QED) is 0.845. The summed E-state index contributed by atoms with van der Waals surface area (Å²) in [5.41, 5.74) is 1.41. The SMILES string of the molecule is CCCn1ccc(CNCc2ccc(C(F)(F)F)cc2)c1. The van der Waals surface area contributed by atoms with Gasteiger partial charge in [-0.05, 0) is 35.7 Å². The van der Waals surface area contributed by atoms with Crippen molar-refractivity contribution in [3.8, 4) is 0 Å². The maximum Gasteiger partial charge on any atom is 0.416 e. The van der Waals surface area contributed by atoms with Gasteiger partial charge in [0.2, 0.25) is 0 Å². The molecule has 21 heavy (non-hydrogen) atoms. The first-order chi connectivity index (χ1) is 9.99. The molecule has 5 heteroatoms. The van der Waals surface area contributed by atoms with Crippen LogP contribution in [0.2, 0.25) is 0 Å². The molecule has 0 saturated carbocycles. The number of hydrogen-bond donors (Lipinski definition) is 1. The predicted molar refractivity (Wildman–Crippen MR) is 76.7 cm³/mol. The second-order valence-corrected chi connectivity index (χ2v) is 5.06. The monoisotopic (exact) mass is 296 g/mol. The Labute approximate surface area is 122 Å². The van der Waals surface area contributed by atoms with Gasteiger partial charge in [0.15, 0.2) is 0 Å². The van der Waals surface area contributed by atoms with Crippen molar-refractivity contribution >= 4 is 0 Å². The number of hydrogen-bond acceptors (Lipinski definition) is 1. The molecule has 0 atom stereocenters. The summed E-state index contributed by atoms with van der Waals surface area (Å²) in [7, 11) is 0. The lowest BCUT2D eigenvalue weighted by Crippen LogP contribution is -2.12. The molecular formula is C16H19F3N2. The summed E-state index contributed by atoms with van der Waals surface area (Å²) in [4.78, 5) is 0. The zero-order valence-corrected chi connectivity index (χ0v) is 12.0. The van der Waals surface area contributed by atoms with Gasteiger partial charge in [0, 0.05) is 32.0 Å². The molecule has 0 spiro atoms. The van der Waals surface area contributed by atoms with Gasteiger partial charge < -0.3 is 9.88 Å². The first-order valence-corrected chi connectivity index (χ1v) is 7.00. The van der Waals surface area contributed by atoms with Gasteiger partial charge in [-0.25, -0.2) is 0 Å². The molecule has 0 radical (unpaired) electrons. The minimum atomic E-state index is -4.27. The normalized spacial score (nSPS) is 11.8. The summed E-state index contributed by atoms with van der Waals surface area (Å²) >= 11 is 0. The van der Waals surface area contributed by atoms with E-state index in [2.05, 4.69) is 29.1 Å². The molecule has 0 aliphatic heterocycles. The Morgan fingerprint density at radius 2 is 1.67 bits per heavy atom. The summed E-state index contributed by atoms with van der Waals surface area (Å²) in [6.07, 6.45) is 0.948. The summed E-state index contributed by atoms with van der Waals surface area (Å²) in [5, 5.41) is 3.24. The van der Waals surface area contributed by atoms with E-state index < -0.39 is 11.7 Å². The third-order valence-electron chi connectivity index (χ3n) is 3.23. The van der Waals surface area contributed by atoms with E-state index in [1.54, 1.807) is 0 Å². The molecule has 1 aromatic heterocycles. The van der Waals surface area contributed by atoms with Crippen LogP contribution in [0.5, 0.6) is 0 Å². The Hall–Kier alpha value is -1.75. The lowest BCUT2D eigenvalue weighted by Gasteiger charge is -2.08. The predicted octanol–water partition coefficient (Wildman–Crippen LogP) is 4.21. The fourth-order valence-corrected chi connectivity index (χ4v) is 2.16. The van der Waals surface area contributed by atoms with Crippen LogP contribution >= 0.6 is 0 Å². The van der Waals surface area contributed by atoms with Crippen LogP contribution in [0, 0.1) is 0 Å². The van der Waals surface area contributed by atoms with Crippen LogP contribution in [0.25, 0.3) is 0 Å². The van der Waals surface area contributed by atoms with Crippen molar-refractivity contribution in [2.24, 2.45) is 0 Å². The highest BCUT2D eigenvalue weighted by Crippen LogP contribution is 2.29. The summed E-state index contributed by atoms with van der Waals surface area (Å²) in [5.74, 6) is 0. The van der Waals surface area contributed by atoms with Crippen molar-refractivity contribution in [3.63, 3.8) is 0 Å². The van der Waals surface area contributed by atoms with Crippen LogP contribution in [-0.2, 0) is 25.8 Å². The summed E-state index contributed by atoms with van der Waals surface area (Å²) < 4.78 is 39.5. The minimum Gasteiger partial charge on any atom is -0.354 e. The number of halogens is 3. The van der Waals surface area contributed by atoms with Crippen molar-refractivity contribution < 1.29 is 13.2 Å². The molecule has 0 amide bonds. The summed E-state index contributed by atoms with van der Waals surface area (Å²) in [6, 6.07) is 7.31. The molecule has 114 valence electrons. The average molecular weight is 296 g/mol. The number of alkyl halides is 3. The molecule has 1 heterocycles. The Balaban J connectivity index is 1.82. The molecule has 0 unspecified atom stereocenters. The van der Waals surface area contributed by atoms with Crippen LogP contribution in [0.15, 0.2) is 42.7 Å². The first kappa shape index (κ1) is 15.6. The lowest BCUT2D eigenvalue weighted by atomic mass is 10.1. The molecule has 0 fully saturated rings. The van der Waals surface area contributed by atoms with E-state index in [9.17, 15) is 13.2 Å². The molecule has 1 aromatic carbocycles. The van der Waals surface area contributed by atoms with E-state index in [0.29, 0.717) is 13.1 Å². The number of nitrogens with one attached hydrogen (secondary N) is 1. The van der Waals surface area contributed by atoms with E-state index in [0.717, 1.165) is 30.7 Å². The second-order valence-electron chi connectivity index (χ2n) is 5.06. The van der Waals surface area contributed by atoms with Crippen molar-refractivity contribution in [2.75, 3.05) is 0 Å². The van der Waals surface area contributed by atoms with Gasteiger partial charge in [-0.2, -0.15) is 13.2 Å². The highest BCUT2D eigenvalue weighted by Gasteiger charge is 2.29. The van der Waals surface area contributed by atoms with E-state index in [1.807, 2.05) is 6.20 Å². The van der Waals surface area contributed by atoms with Crippen molar-refractivity contribution in [1.82, 2.24) is 9.88 Å². The number of aromatic nitrogens is 1. The third-order valence-corrected chi connectivity index (χ3v) is 3.23. The van der Waals surface area contributed by atoms with Crippen molar-refractivity contribution in [3.05, 3.63) is 59.4 Å². The fourth-order valence-electron chi connectivity index (χ4n) is 2.16. The van der Waals surface area contributed by atoms with Crippen molar-refractivity contribution in [1.29, 1.82) is 0 Å². The number of nitrogens with zero attached hydrogens (tertiary/aromatic N) is 1. The Morgan fingerprint density at radius 3 is 2.29 bits per heavy atom. The zero-order chi connectivity index (χ0) is 15.3. The van der Waals surface area contributed by atoms with Gasteiger partial charge in [-0.15, -0.1) is 0 Å². The largest absolute Gasteiger partial charge is 0.416 e. The van der Waals surface area contributed by atoms with Gasteiger partial charge in [0.05, 0.1) is 5.56 Å². The third kappa shape index (κ3) is 4.63. The Bertz CT molecular complexity index is 556. The number of aryl methyl sites for hydroxylation is 1. The van der Waals surface area contributed by atoms with Gasteiger partial charge in [-0.3, -0.25) is 0 Å². The van der Waals surface area contributed by atoms with Gasteiger partial charge >= 0.3 is 6.18 Å². The standard InChI is InChI=1S/C16H19F3N2/c1-2-8-21-9-7-14(12-21)11-20-10-13-3-5-15(6-4-13)16(17,18)19/h3-7,9,12,20H,2,8,10-11H2,1H3. The van der Waals surface area contributed by atoms with Gasteiger partial charge in [-0.1, -0.05) is 19.1 Å². The average Bonchev–Trinajstić information content (AvgIpc) is 2.86. The molecule has 2 aromatic rings. The van der Waals surface area contributed by atoms with E-state index in [-0.39, 0.29) is 0 Å². The van der Waals surface area contributed by atoms with Gasteiger partial charge in [0.25, 0.3) is 0 Å². The molecule has 1 N–H and O–H groups in total. The Kier molecular flexibility index (Phi) is 5.07. The summed E-state index contributed by atoms with van der Waals surface area (Å²) in [6.45, 7) is 4.39. The van der Waals surface area contributed by atoms with Crippen LogP contribution in [0.4, 0.5) is 13.2 Å². The van der Waals surface area contributed by atoms with E-state index in [1.165, 1.54) is 17.7 Å². The van der Waals surface area contributed by atoms with Crippen LogP contribution in [0.1, 0.15) is 30.0 Å². The van der Waals surface area contributed by atoms with E-state index in [4.69, 9.17) is 0 Å². The molecule has 2 nitrogen and oxygen atoms in total. The molecule has 0 bridgehead atoms. The van der Waals surface area contributed by atoms with Crippen LogP contribution < -0.4 is 5.32 Å². The minimum absolute atomic E-state index is 0.553. The zero-order valence-electron chi connectivity index (χ0n) is 12.0. The maximum absolute atomic E-state index is 12.4. The topological polar surface area (TPSA) is 17.0 Å². The van der Waals surface area contributed by atoms with E-state index >= 15 is 0 Å². The number of rotatable bonds is 6.